The lowest BCUT2D eigenvalue weighted by Crippen LogP contribution is -2.35. The van der Waals surface area contributed by atoms with Crippen LogP contribution >= 0.6 is 11.6 Å². The van der Waals surface area contributed by atoms with Crippen molar-refractivity contribution in [3.8, 4) is 0 Å². The van der Waals surface area contributed by atoms with Crippen molar-refractivity contribution in [1.82, 2.24) is 4.90 Å². The van der Waals surface area contributed by atoms with Crippen LogP contribution in [-0.4, -0.2) is 30.4 Å². The minimum atomic E-state index is -0.604. The monoisotopic (exact) mass is 244 g/mol. The van der Waals surface area contributed by atoms with E-state index in [9.17, 15) is 9.18 Å². The van der Waals surface area contributed by atoms with Crippen LogP contribution in [0.25, 0.3) is 0 Å². The summed E-state index contributed by atoms with van der Waals surface area (Å²) in [5.74, 6) is -1.02. The van der Waals surface area contributed by atoms with Crippen LogP contribution < -0.4 is 5.73 Å². The van der Waals surface area contributed by atoms with E-state index in [1.807, 2.05) is 6.92 Å². The highest BCUT2D eigenvalue weighted by molar-refractivity contribution is 6.33. The average Bonchev–Trinajstić information content (AvgIpc) is 2.25. The molecule has 0 heterocycles. The molecular formula is C11H14ClFN2O. The SMILES string of the molecule is CCN(CCN)C(=O)c1c(F)cccc1Cl. The minimum absolute atomic E-state index is 0.0838. The van der Waals surface area contributed by atoms with Crippen molar-refractivity contribution in [3.05, 3.63) is 34.6 Å². The number of carbonyl (C=O) groups excluding carboxylic acids is 1. The van der Waals surface area contributed by atoms with Gasteiger partial charge in [0.15, 0.2) is 0 Å². The van der Waals surface area contributed by atoms with Crippen molar-refractivity contribution in [2.24, 2.45) is 5.73 Å². The molecule has 1 aromatic carbocycles. The predicted molar refractivity (Wildman–Crippen MR) is 62.0 cm³/mol. The maximum absolute atomic E-state index is 13.5. The summed E-state index contributed by atoms with van der Waals surface area (Å²) in [7, 11) is 0. The minimum Gasteiger partial charge on any atom is -0.338 e. The molecule has 0 aromatic heterocycles. The Bertz CT molecular complexity index is 364. The van der Waals surface area contributed by atoms with Crippen molar-refractivity contribution < 1.29 is 9.18 Å². The number of benzene rings is 1. The third-order valence-electron chi connectivity index (χ3n) is 2.24. The Hall–Kier alpha value is -1.13. The molecule has 0 unspecified atom stereocenters. The van der Waals surface area contributed by atoms with Gasteiger partial charge in [0.2, 0.25) is 0 Å². The molecule has 2 N–H and O–H groups in total. The van der Waals surface area contributed by atoms with Crippen LogP contribution in [0, 0.1) is 5.82 Å². The Labute approximate surface area is 99.0 Å². The Morgan fingerprint density at radius 2 is 2.25 bits per heavy atom. The lowest BCUT2D eigenvalue weighted by molar-refractivity contribution is 0.0764. The van der Waals surface area contributed by atoms with E-state index in [1.165, 1.54) is 23.1 Å². The number of nitrogens with two attached hydrogens (primary N) is 1. The first kappa shape index (κ1) is 12.9. The molecule has 0 radical (unpaired) electrons. The molecule has 1 aromatic rings. The molecule has 1 amide bonds. The highest BCUT2D eigenvalue weighted by Gasteiger charge is 2.20. The number of amides is 1. The summed E-state index contributed by atoms with van der Waals surface area (Å²) in [5, 5.41) is 0.125. The summed E-state index contributed by atoms with van der Waals surface area (Å²) in [6, 6.07) is 4.18. The molecule has 0 aliphatic carbocycles. The topological polar surface area (TPSA) is 46.3 Å². The molecule has 0 spiro atoms. The maximum Gasteiger partial charge on any atom is 0.258 e. The van der Waals surface area contributed by atoms with Gasteiger partial charge in [0.05, 0.1) is 10.6 Å². The predicted octanol–water partition coefficient (Wildman–Crippen LogP) is 1.90. The van der Waals surface area contributed by atoms with Crippen LogP contribution in [0.1, 0.15) is 17.3 Å². The van der Waals surface area contributed by atoms with Gasteiger partial charge in [-0.15, -0.1) is 0 Å². The number of halogens is 2. The normalized spacial score (nSPS) is 10.2. The molecule has 0 aliphatic rings. The first-order valence-electron chi connectivity index (χ1n) is 5.05. The van der Waals surface area contributed by atoms with E-state index >= 15 is 0 Å². The van der Waals surface area contributed by atoms with Crippen molar-refractivity contribution in [2.45, 2.75) is 6.92 Å². The third kappa shape index (κ3) is 2.71. The van der Waals surface area contributed by atoms with Crippen molar-refractivity contribution in [1.29, 1.82) is 0 Å². The maximum atomic E-state index is 13.5. The van der Waals surface area contributed by atoms with Crippen LogP contribution in [-0.2, 0) is 0 Å². The first-order valence-corrected chi connectivity index (χ1v) is 5.43. The van der Waals surface area contributed by atoms with Crippen LogP contribution in [0.2, 0.25) is 5.02 Å². The second-order valence-electron chi connectivity index (χ2n) is 3.27. The number of rotatable bonds is 4. The van der Waals surface area contributed by atoms with Gasteiger partial charge in [0, 0.05) is 19.6 Å². The zero-order valence-electron chi connectivity index (χ0n) is 9.04. The Morgan fingerprint density at radius 1 is 1.56 bits per heavy atom. The number of hydrogen-bond acceptors (Lipinski definition) is 2. The smallest absolute Gasteiger partial charge is 0.258 e. The van der Waals surface area contributed by atoms with Gasteiger partial charge < -0.3 is 10.6 Å². The van der Waals surface area contributed by atoms with Gasteiger partial charge in [-0.25, -0.2) is 4.39 Å². The summed E-state index contributed by atoms with van der Waals surface area (Å²) in [5.41, 5.74) is 5.29. The standard InChI is InChI=1S/C11H14ClFN2O/c1-2-15(7-6-14)11(16)10-8(12)4-3-5-9(10)13/h3-5H,2,6-7,14H2,1H3. The summed E-state index contributed by atoms with van der Waals surface area (Å²) < 4.78 is 13.5. The van der Waals surface area contributed by atoms with Gasteiger partial charge in [0.25, 0.3) is 5.91 Å². The lowest BCUT2D eigenvalue weighted by Gasteiger charge is -2.20. The summed E-state index contributed by atoms with van der Waals surface area (Å²) >= 11 is 5.81. The quantitative estimate of drug-likeness (QED) is 0.879. The Balaban J connectivity index is 3.03. The zero-order chi connectivity index (χ0) is 12.1. The fourth-order valence-electron chi connectivity index (χ4n) is 1.42. The number of likely N-dealkylation sites (N-methyl/N-ethyl adjacent to an activating group) is 1. The van der Waals surface area contributed by atoms with Crippen molar-refractivity contribution in [2.75, 3.05) is 19.6 Å². The van der Waals surface area contributed by atoms with Crippen LogP contribution in [0.3, 0.4) is 0 Å². The number of hydrogen-bond donors (Lipinski definition) is 1. The zero-order valence-corrected chi connectivity index (χ0v) is 9.80. The molecule has 16 heavy (non-hydrogen) atoms. The highest BCUT2D eigenvalue weighted by atomic mass is 35.5. The second-order valence-corrected chi connectivity index (χ2v) is 3.68. The molecule has 0 fully saturated rings. The van der Waals surface area contributed by atoms with Gasteiger partial charge in [-0.2, -0.15) is 0 Å². The van der Waals surface area contributed by atoms with Gasteiger partial charge in [-0.05, 0) is 19.1 Å². The fourth-order valence-corrected chi connectivity index (χ4v) is 1.66. The van der Waals surface area contributed by atoms with Crippen LogP contribution in [0.5, 0.6) is 0 Å². The number of nitrogens with zero attached hydrogens (tertiary/aromatic N) is 1. The van der Waals surface area contributed by atoms with E-state index in [1.54, 1.807) is 0 Å². The molecule has 0 saturated carbocycles. The molecule has 3 nitrogen and oxygen atoms in total. The molecule has 1 rings (SSSR count). The fraction of sp³-hybridized carbons (Fsp3) is 0.364. The Kier molecular flexibility index (Phi) is 4.71. The van der Waals surface area contributed by atoms with Gasteiger partial charge >= 0.3 is 0 Å². The van der Waals surface area contributed by atoms with E-state index in [0.717, 1.165) is 0 Å². The van der Waals surface area contributed by atoms with E-state index < -0.39 is 11.7 Å². The molecule has 88 valence electrons. The van der Waals surface area contributed by atoms with E-state index in [4.69, 9.17) is 17.3 Å². The number of carbonyl (C=O) groups is 1. The van der Waals surface area contributed by atoms with Crippen LogP contribution in [0.15, 0.2) is 18.2 Å². The highest BCUT2D eigenvalue weighted by Crippen LogP contribution is 2.20. The molecule has 0 aliphatic heterocycles. The summed E-state index contributed by atoms with van der Waals surface area (Å²) in [6.45, 7) is 3.01. The first-order chi connectivity index (χ1) is 7.61. The van der Waals surface area contributed by atoms with E-state index in [0.29, 0.717) is 19.6 Å². The van der Waals surface area contributed by atoms with E-state index in [-0.39, 0.29) is 10.6 Å². The van der Waals surface area contributed by atoms with E-state index in [2.05, 4.69) is 0 Å². The Morgan fingerprint density at radius 3 is 2.75 bits per heavy atom. The van der Waals surface area contributed by atoms with Gasteiger partial charge in [-0.1, -0.05) is 17.7 Å². The lowest BCUT2D eigenvalue weighted by atomic mass is 10.2. The summed E-state index contributed by atoms with van der Waals surface area (Å²) in [4.78, 5) is 13.4. The average molecular weight is 245 g/mol. The summed E-state index contributed by atoms with van der Waals surface area (Å²) in [6.07, 6.45) is 0. The second kappa shape index (κ2) is 5.82. The van der Waals surface area contributed by atoms with Crippen LogP contribution in [0.4, 0.5) is 4.39 Å². The van der Waals surface area contributed by atoms with Gasteiger partial charge in [0.1, 0.15) is 5.82 Å². The van der Waals surface area contributed by atoms with Gasteiger partial charge in [-0.3, -0.25) is 4.79 Å². The third-order valence-corrected chi connectivity index (χ3v) is 2.56. The molecule has 0 saturated heterocycles. The molecule has 0 atom stereocenters. The van der Waals surface area contributed by atoms with Crippen molar-refractivity contribution >= 4 is 17.5 Å². The molecular weight excluding hydrogens is 231 g/mol. The molecule has 5 heteroatoms. The molecule has 0 bridgehead atoms. The van der Waals surface area contributed by atoms with Crippen molar-refractivity contribution in [3.63, 3.8) is 0 Å². The largest absolute Gasteiger partial charge is 0.338 e.